The second kappa shape index (κ2) is 10.5. The van der Waals surface area contributed by atoms with Gasteiger partial charge in [0.15, 0.2) is 0 Å². The van der Waals surface area contributed by atoms with E-state index in [0.717, 1.165) is 16.1 Å². The van der Waals surface area contributed by atoms with Crippen LogP contribution in [0.1, 0.15) is 32.4 Å². The van der Waals surface area contributed by atoms with Crippen molar-refractivity contribution in [2.45, 2.75) is 26.2 Å². The van der Waals surface area contributed by atoms with E-state index in [9.17, 15) is 9.18 Å². The van der Waals surface area contributed by atoms with Gasteiger partial charge < -0.3 is 9.73 Å². The molecule has 0 radical (unpaired) electrons. The van der Waals surface area contributed by atoms with E-state index < -0.39 is 0 Å². The third-order valence-electron chi connectivity index (χ3n) is 4.79. The molecule has 0 saturated carbocycles. The van der Waals surface area contributed by atoms with Gasteiger partial charge in [-0.25, -0.2) is 9.37 Å². The van der Waals surface area contributed by atoms with Gasteiger partial charge >= 0.3 is 0 Å². The summed E-state index contributed by atoms with van der Waals surface area (Å²) in [6, 6.07) is 17.7. The number of thiazole rings is 1. The van der Waals surface area contributed by atoms with Crippen LogP contribution in [0.2, 0.25) is 5.02 Å². The van der Waals surface area contributed by atoms with Crippen LogP contribution < -0.4 is 5.32 Å². The topological polar surface area (TPSA) is 58.4 Å². The van der Waals surface area contributed by atoms with E-state index >= 15 is 0 Å². The molecule has 4 rings (SSSR count). The van der Waals surface area contributed by atoms with Crippen molar-refractivity contribution in [3.05, 3.63) is 111 Å². The molecule has 4 aromatic rings. The van der Waals surface area contributed by atoms with Crippen molar-refractivity contribution in [2.24, 2.45) is 0 Å². The normalized spacial score (nSPS) is 11.1. The maximum absolute atomic E-state index is 13.3. The lowest BCUT2D eigenvalue weighted by atomic mass is 10.1. The summed E-state index contributed by atoms with van der Waals surface area (Å²) in [5.41, 5.74) is 2.47. The van der Waals surface area contributed by atoms with E-state index in [-0.39, 0.29) is 11.7 Å². The number of nitrogens with zero attached hydrogens (tertiary/aromatic N) is 2. The molecule has 0 bridgehead atoms. The predicted octanol–water partition coefficient (Wildman–Crippen LogP) is 5.66. The minimum absolute atomic E-state index is 0.244. The zero-order valence-electron chi connectivity index (χ0n) is 17.1. The van der Waals surface area contributed by atoms with E-state index in [2.05, 4.69) is 15.2 Å². The number of carbonyl (C=O) groups excluding carboxylic acids is 1. The number of halogens is 2. The number of aromatic nitrogens is 1. The molecule has 8 heteroatoms. The molecule has 0 fully saturated rings. The number of amides is 1. The van der Waals surface area contributed by atoms with Gasteiger partial charge in [0.2, 0.25) is 0 Å². The summed E-state index contributed by atoms with van der Waals surface area (Å²) < 4.78 is 18.5. The highest BCUT2D eigenvalue weighted by molar-refractivity contribution is 7.09. The minimum atomic E-state index is -0.261. The van der Waals surface area contributed by atoms with Crippen LogP contribution >= 0.6 is 22.9 Å². The Labute approximate surface area is 194 Å². The van der Waals surface area contributed by atoms with Crippen molar-refractivity contribution in [1.82, 2.24) is 15.2 Å². The molecule has 2 aromatic heterocycles. The smallest absolute Gasteiger partial charge is 0.271 e. The van der Waals surface area contributed by atoms with Crippen LogP contribution in [-0.2, 0) is 26.2 Å². The van der Waals surface area contributed by atoms with E-state index in [1.54, 1.807) is 35.9 Å². The lowest BCUT2D eigenvalue weighted by molar-refractivity contribution is 0.0943. The van der Waals surface area contributed by atoms with Crippen LogP contribution in [0, 0.1) is 5.82 Å². The Hall–Kier alpha value is -3.00. The average Bonchev–Trinajstić information content (AvgIpc) is 3.47. The number of hydrogen-bond acceptors (Lipinski definition) is 5. The first-order chi connectivity index (χ1) is 15.5. The number of carbonyl (C=O) groups is 1. The summed E-state index contributed by atoms with van der Waals surface area (Å²) in [5, 5.41) is 6.07. The largest absolute Gasteiger partial charge is 0.467 e. The Morgan fingerprint density at radius 2 is 1.72 bits per heavy atom. The van der Waals surface area contributed by atoms with Crippen molar-refractivity contribution in [3.63, 3.8) is 0 Å². The fourth-order valence-corrected chi connectivity index (χ4v) is 4.16. The van der Waals surface area contributed by atoms with E-state index in [0.29, 0.717) is 42.7 Å². The highest BCUT2D eigenvalue weighted by atomic mass is 35.5. The molecule has 5 nitrogen and oxygen atoms in total. The molecule has 1 amide bonds. The number of nitrogens with one attached hydrogen (secondary N) is 1. The van der Waals surface area contributed by atoms with Crippen molar-refractivity contribution in [1.29, 1.82) is 0 Å². The summed E-state index contributed by atoms with van der Waals surface area (Å²) in [5.74, 6) is 0.178. The minimum Gasteiger partial charge on any atom is -0.467 e. The zero-order valence-corrected chi connectivity index (χ0v) is 18.7. The first-order valence-corrected chi connectivity index (χ1v) is 11.3. The predicted molar refractivity (Wildman–Crippen MR) is 123 cm³/mol. The third-order valence-corrected chi connectivity index (χ3v) is 5.87. The number of benzene rings is 2. The Bertz CT molecular complexity index is 1100. The van der Waals surface area contributed by atoms with Gasteiger partial charge in [0, 0.05) is 23.5 Å². The molecule has 0 unspecified atom stereocenters. The van der Waals surface area contributed by atoms with Crippen LogP contribution in [0.25, 0.3) is 0 Å². The van der Waals surface area contributed by atoms with Crippen LogP contribution in [-0.4, -0.2) is 15.8 Å². The highest BCUT2D eigenvalue weighted by Crippen LogP contribution is 2.19. The van der Waals surface area contributed by atoms with Crippen molar-refractivity contribution < 1.29 is 13.6 Å². The first kappa shape index (κ1) is 22.2. The molecule has 32 heavy (non-hydrogen) atoms. The van der Waals surface area contributed by atoms with Gasteiger partial charge in [-0.05, 0) is 47.5 Å². The van der Waals surface area contributed by atoms with Gasteiger partial charge in [0.1, 0.15) is 22.3 Å². The molecule has 1 N–H and O–H groups in total. The Morgan fingerprint density at radius 1 is 1.03 bits per heavy atom. The van der Waals surface area contributed by atoms with Gasteiger partial charge in [0.05, 0.1) is 19.4 Å². The molecule has 0 spiro atoms. The molecule has 0 aliphatic rings. The number of rotatable bonds is 9. The monoisotopic (exact) mass is 469 g/mol. The summed E-state index contributed by atoms with van der Waals surface area (Å²) >= 11 is 7.45. The first-order valence-electron chi connectivity index (χ1n) is 10.0. The average molecular weight is 470 g/mol. The van der Waals surface area contributed by atoms with Crippen LogP contribution in [0.4, 0.5) is 4.39 Å². The number of furan rings is 1. The van der Waals surface area contributed by atoms with Gasteiger partial charge in [0.25, 0.3) is 5.91 Å². The molecule has 164 valence electrons. The lowest BCUT2D eigenvalue weighted by Crippen LogP contribution is -2.24. The molecule has 0 saturated heterocycles. The Kier molecular flexibility index (Phi) is 7.32. The second-order valence-electron chi connectivity index (χ2n) is 7.29. The maximum atomic E-state index is 13.3. The fourth-order valence-electron chi connectivity index (χ4n) is 3.21. The molecule has 0 aliphatic heterocycles. The van der Waals surface area contributed by atoms with Gasteiger partial charge in [-0.2, -0.15) is 0 Å². The summed E-state index contributed by atoms with van der Waals surface area (Å²) in [7, 11) is 0. The van der Waals surface area contributed by atoms with Crippen LogP contribution in [0.5, 0.6) is 0 Å². The standard InChI is InChI=1S/C24H21ClFN3O2S/c25-19-7-3-17(4-8-19)13-29(14-18-5-9-20(26)10-6-18)15-23-28-22(16-32-23)24(30)27-12-21-2-1-11-31-21/h1-11,16H,12-15H2,(H,27,30). The molecular formula is C24H21ClFN3O2S. The van der Waals surface area contributed by atoms with Crippen LogP contribution in [0.3, 0.4) is 0 Å². The van der Waals surface area contributed by atoms with E-state index in [1.807, 2.05) is 24.3 Å². The SMILES string of the molecule is O=C(NCc1ccco1)c1csc(CN(Cc2ccc(F)cc2)Cc2ccc(Cl)cc2)n1. The molecule has 2 heterocycles. The van der Waals surface area contributed by atoms with Crippen molar-refractivity contribution in [3.8, 4) is 0 Å². The Morgan fingerprint density at radius 3 is 2.38 bits per heavy atom. The van der Waals surface area contributed by atoms with E-state index in [1.165, 1.54) is 23.5 Å². The molecule has 0 aliphatic carbocycles. The zero-order chi connectivity index (χ0) is 22.3. The summed E-state index contributed by atoms with van der Waals surface area (Å²) in [6.07, 6.45) is 1.57. The maximum Gasteiger partial charge on any atom is 0.271 e. The van der Waals surface area contributed by atoms with E-state index in [4.69, 9.17) is 16.0 Å². The van der Waals surface area contributed by atoms with Crippen molar-refractivity contribution in [2.75, 3.05) is 0 Å². The lowest BCUT2D eigenvalue weighted by Gasteiger charge is -2.21. The summed E-state index contributed by atoms with van der Waals surface area (Å²) in [6.45, 7) is 2.14. The van der Waals surface area contributed by atoms with Crippen molar-refractivity contribution >= 4 is 28.8 Å². The third kappa shape index (κ3) is 6.26. The molecular weight excluding hydrogens is 449 g/mol. The summed E-state index contributed by atoms with van der Waals surface area (Å²) in [4.78, 5) is 19.1. The second-order valence-corrected chi connectivity index (χ2v) is 8.67. The fraction of sp³-hybridized carbons (Fsp3) is 0.167. The van der Waals surface area contributed by atoms with Gasteiger partial charge in [-0.1, -0.05) is 35.9 Å². The van der Waals surface area contributed by atoms with Gasteiger partial charge in [-0.3, -0.25) is 9.69 Å². The number of hydrogen-bond donors (Lipinski definition) is 1. The molecule has 0 atom stereocenters. The Balaban J connectivity index is 1.44. The highest BCUT2D eigenvalue weighted by Gasteiger charge is 2.15. The van der Waals surface area contributed by atoms with Crippen LogP contribution in [0.15, 0.2) is 76.7 Å². The molecule has 2 aromatic carbocycles. The quantitative estimate of drug-likeness (QED) is 0.343. The van der Waals surface area contributed by atoms with Gasteiger partial charge in [-0.15, -0.1) is 11.3 Å².